The van der Waals surface area contributed by atoms with Crippen molar-refractivity contribution in [1.82, 2.24) is 4.31 Å². The van der Waals surface area contributed by atoms with E-state index in [2.05, 4.69) is 10.6 Å². The van der Waals surface area contributed by atoms with Gasteiger partial charge in [-0.25, -0.2) is 8.42 Å². The molecule has 0 atom stereocenters. The van der Waals surface area contributed by atoms with E-state index in [1.807, 2.05) is 6.92 Å². The molecule has 0 heterocycles. The van der Waals surface area contributed by atoms with Gasteiger partial charge in [0.05, 0.1) is 18.0 Å². The van der Waals surface area contributed by atoms with Gasteiger partial charge in [-0.1, -0.05) is 19.9 Å². The molecule has 0 aliphatic carbocycles. The minimum absolute atomic E-state index is 0.0159. The first-order valence-electron chi connectivity index (χ1n) is 9.27. The molecule has 7 nitrogen and oxygen atoms in total. The highest BCUT2D eigenvalue weighted by atomic mass is 32.2. The first-order valence-corrected chi connectivity index (χ1v) is 10.7. The van der Waals surface area contributed by atoms with Gasteiger partial charge in [0.15, 0.2) is 0 Å². The molecule has 1 amide bonds. The predicted octanol–water partition coefficient (Wildman–Crippen LogP) is 3.17. The Bertz CT molecular complexity index is 879. The highest BCUT2D eigenvalue weighted by Crippen LogP contribution is 2.20. The summed E-state index contributed by atoms with van der Waals surface area (Å²) in [6.45, 7) is 6.91. The number of amides is 1. The van der Waals surface area contributed by atoms with Gasteiger partial charge in [0, 0.05) is 24.5 Å². The van der Waals surface area contributed by atoms with Gasteiger partial charge in [0.2, 0.25) is 15.9 Å². The second kappa shape index (κ2) is 10.1. The molecular formula is C20H27N3O4S. The lowest BCUT2D eigenvalue weighted by atomic mass is 10.3. The summed E-state index contributed by atoms with van der Waals surface area (Å²) in [5.41, 5.74) is 1.23. The van der Waals surface area contributed by atoms with Crippen molar-refractivity contribution >= 4 is 27.3 Å². The quantitative estimate of drug-likeness (QED) is 0.634. The van der Waals surface area contributed by atoms with Gasteiger partial charge in [0.25, 0.3) is 0 Å². The SMILES string of the molecule is CCOc1ccc(NC(=O)CNc2cccc(S(=O)(=O)N(CC)CC)c2)cc1. The fraction of sp³-hybridized carbons (Fsp3) is 0.350. The van der Waals surface area contributed by atoms with Gasteiger partial charge >= 0.3 is 0 Å². The molecule has 0 spiro atoms. The molecular weight excluding hydrogens is 378 g/mol. The Morgan fingerprint density at radius 3 is 2.29 bits per heavy atom. The van der Waals surface area contributed by atoms with Gasteiger partial charge < -0.3 is 15.4 Å². The Kier molecular flexibility index (Phi) is 7.83. The molecule has 0 bridgehead atoms. The first-order chi connectivity index (χ1) is 13.4. The van der Waals surface area contributed by atoms with Crippen LogP contribution in [0.5, 0.6) is 5.75 Å². The van der Waals surface area contributed by atoms with Crippen molar-refractivity contribution in [3.63, 3.8) is 0 Å². The topological polar surface area (TPSA) is 87.7 Å². The molecule has 0 saturated carbocycles. The average molecular weight is 406 g/mol. The summed E-state index contributed by atoms with van der Waals surface area (Å²) >= 11 is 0. The summed E-state index contributed by atoms with van der Waals surface area (Å²) in [4.78, 5) is 12.3. The summed E-state index contributed by atoms with van der Waals surface area (Å²) in [5, 5.41) is 5.74. The maximum Gasteiger partial charge on any atom is 0.243 e. The number of hydrogen-bond donors (Lipinski definition) is 2. The van der Waals surface area contributed by atoms with Crippen molar-refractivity contribution in [3.05, 3.63) is 48.5 Å². The standard InChI is InChI=1S/C20H27N3O4S/c1-4-23(5-2)28(25,26)19-9-7-8-17(14-19)21-15-20(24)22-16-10-12-18(13-11-16)27-6-3/h7-14,21H,4-6,15H2,1-3H3,(H,22,24). The minimum Gasteiger partial charge on any atom is -0.494 e. The molecule has 0 radical (unpaired) electrons. The minimum atomic E-state index is -3.54. The fourth-order valence-electron chi connectivity index (χ4n) is 2.67. The molecule has 2 aromatic rings. The van der Waals surface area contributed by atoms with Gasteiger partial charge in [-0.15, -0.1) is 0 Å². The summed E-state index contributed by atoms with van der Waals surface area (Å²) in [7, 11) is -3.54. The molecule has 0 unspecified atom stereocenters. The van der Waals surface area contributed by atoms with Crippen molar-refractivity contribution in [2.24, 2.45) is 0 Å². The van der Waals surface area contributed by atoms with Gasteiger partial charge in [-0.3, -0.25) is 4.79 Å². The number of nitrogens with one attached hydrogen (secondary N) is 2. The van der Waals surface area contributed by atoms with Crippen LogP contribution in [0.15, 0.2) is 53.4 Å². The van der Waals surface area contributed by atoms with E-state index in [9.17, 15) is 13.2 Å². The summed E-state index contributed by atoms with van der Waals surface area (Å²) in [6, 6.07) is 13.6. The molecule has 2 N–H and O–H groups in total. The highest BCUT2D eigenvalue weighted by Gasteiger charge is 2.21. The zero-order chi connectivity index (χ0) is 20.6. The Labute approximate surface area is 166 Å². The largest absolute Gasteiger partial charge is 0.494 e. The van der Waals surface area contributed by atoms with E-state index in [4.69, 9.17) is 4.74 Å². The van der Waals surface area contributed by atoms with E-state index >= 15 is 0 Å². The zero-order valence-corrected chi connectivity index (χ0v) is 17.3. The molecule has 2 rings (SSSR count). The Morgan fingerprint density at radius 2 is 1.68 bits per heavy atom. The van der Waals surface area contributed by atoms with Gasteiger partial charge in [-0.05, 0) is 49.4 Å². The van der Waals surface area contributed by atoms with E-state index < -0.39 is 10.0 Å². The Morgan fingerprint density at radius 1 is 1.00 bits per heavy atom. The number of hydrogen-bond acceptors (Lipinski definition) is 5. The lowest BCUT2D eigenvalue weighted by molar-refractivity contribution is -0.114. The summed E-state index contributed by atoms with van der Waals surface area (Å²) < 4.78 is 32.0. The van der Waals surface area contributed by atoms with Gasteiger partial charge in [0.1, 0.15) is 5.75 Å². The van der Waals surface area contributed by atoms with Crippen LogP contribution >= 0.6 is 0 Å². The van der Waals surface area contributed by atoms with Crippen LogP contribution in [0.25, 0.3) is 0 Å². The van der Waals surface area contributed by atoms with Crippen molar-refractivity contribution in [2.45, 2.75) is 25.7 Å². The first kappa shape index (κ1) is 21.7. The Balaban J connectivity index is 1.98. The monoisotopic (exact) mass is 405 g/mol. The van der Waals surface area contributed by atoms with E-state index in [0.29, 0.717) is 31.1 Å². The van der Waals surface area contributed by atoms with Crippen LogP contribution in [0, 0.1) is 0 Å². The number of nitrogens with zero attached hydrogens (tertiary/aromatic N) is 1. The zero-order valence-electron chi connectivity index (χ0n) is 16.4. The van der Waals surface area contributed by atoms with E-state index in [1.165, 1.54) is 10.4 Å². The fourth-order valence-corrected chi connectivity index (χ4v) is 4.17. The molecule has 0 fully saturated rings. The van der Waals surface area contributed by atoms with Crippen LogP contribution in [0.3, 0.4) is 0 Å². The van der Waals surface area contributed by atoms with Gasteiger partial charge in [-0.2, -0.15) is 4.31 Å². The molecule has 0 aromatic heterocycles. The second-order valence-electron chi connectivity index (χ2n) is 5.98. The van der Waals surface area contributed by atoms with Crippen molar-refractivity contribution in [3.8, 4) is 5.75 Å². The van der Waals surface area contributed by atoms with E-state index in [0.717, 1.165) is 5.75 Å². The molecule has 0 aliphatic rings. The van der Waals surface area contributed by atoms with E-state index in [-0.39, 0.29) is 17.3 Å². The van der Waals surface area contributed by atoms with Crippen LogP contribution in [-0.4, -0.2) is 44.9 Å². The normalized spacial score (nSPS) is 11.3. The molecule has 28 heavy (non-hydrogen) atoms. The number of carbonyl (C=O) groups excluding carboxylic acids is 1. The van der Waals surface area contributed by atoms with Crippen LogP contribution in [0.1, 0.15) is 20.8 Å². The number of anilines is 2. The molecule has 0 saturated heterocycles. The van der Waals surface area contributed by atoms with Crippen LogP contribution in [0.2, 0.25) is 0 Å². The molecule has 8 heteroatoms. The van der Waals surface area contributed by atoms with Crippen molar-refractivity contribution in [2.75, 3.05) is 36.9 Å². The predicted molar refractivity (Wildman–Crippen MR) is 111 cm³/mol. The van der Waals surface area contributed by atoms with Crippen molar-refractivity contribution < 1.29 is 17.9 Å². The number of benzene rings is 2. The highest BCUT2D eigenvalue weighted by molar-refractivity contribution is 7.89. The van der Waals surface area contributed by atoms with Crippen LogP contribution in [0.4, 0.5) is 11.4 Å². The third kappa shape index (κ3) is 5.71. The number of rotatable bonds is 10. The lowest BCUT2D eigenvalue weighted by Gasteiger charge is -2.19. The van der Waals surface area contributed by atoms with Crippen LogP contribution in [-0.2, 0) is 14.8 Å². The second-order valence-corrected chi connectivity index (χ2v) is 7.91. The molecule has 152 valence electrons. The number of ether oxygens (including phenoxy) is 1. The number of carbonyl (C=O) groups is 1. The third-order valence-corrected chi connectivity index (χ3v) is 6.13. The molecule has 0 aliphatic heterocycles. The van der Waals surface area contributed by atoms with E-state index in [1.54, 1.807) is 56.3 Å². The molecule has 2 aromatic carbocycles. The smallest absolute Gasteiger partial charge is 0.243 e. The van der Waals surface area contributed by atoms with Crippen LogP contribution < -0.4 is 15.4 Å². The lowest BCUT2D eigenvalue weighted by Crippen LogP contribution is -2.30. The number of sulfonamides is 1. The maximum absolute atomic E-state index is 12.6. The average Bonchev–Trinajstić information content (AvgIpc) is 2.69. The summed E-state index contributed by atoms with van der Waals surface area (Å²) in [6.07, 6.45) is 0. The maximum atomic E-state index is 12.6. The van der Waals surface area contributed by atoms with Crippen molar-refractivity contribution in [1.29, 1.82) is 0 Å². The Hall–Kier alpha value is -2.58. The third-order valence-electron chi connectivity index (χ3n) is 4.08. The summed E-state index contributed by atoms with van der Waals surface area (Å²) in [5.74, 6) is 0.506.